The Kier molecular flexibility index (Phi) is 7.58. The van der Waals surface area contributed by atoms with Crippen molar-refractivity contribution >= 4 is 74.9 Å². The van der Waals surface area contributed by atoms with Gasteiger partial charge in [0.15, 0.2) is 0 Å². The van der Waals surface area contributed by atoms with Crippen LogP contribution in [0.25, 0.3) is 28.5 Å². The van der Waals surface area contributed by atoms with Gasteiger partial charge in [0, 0.05) is 48.9 Å². The second-order valence-electron chi connectivity index (χ2n) is 11.2. The molecule has 5 aromatic rings. The first-order chi connectivity index (χ1) is 22.6. The highest BCUT2D eigenvalue weighted by Gasteiger charge is 2.35. The van der Waals surface area contributed by atoms with Crippen LogP contribution in [0.15, 0.2) is 72.9 Å². The van der Waals surface area contributed by atoms with Gasteiger partial charge < -0.3 is 19.3 Å². The third-order valence-electron chi connectivity index (χ3n) is 8.48. The van der Waals surface area contributed by atoms with Crippen molar-refractivity contribution in [1.29, 1.82) is 0 Å². The predicted molar refractivity (Wildman–Crippen MR) is 181 cm³/mol. The van der Waals surface area contributed by atoms with Crippen LogP contribution in [0.2, 0.25) is 10.0 Å². The minimum Gasteiger partial charge on any atom is -0.378 e. The molecule has 3 aliphatic rings. The molecule has 0 spiro atoms. The number of hydrogen-bond donors (Lipinski definition) is 0. The Balaban J connectivity index is 1.27. The normalized spacial score (nSPS) is 17.7. The van der Waals surface area contributed by atoms with E-state index in [1.54, 1.807) is 23.1 Å². The van der Waals surface area contributed by atoms with Gasteiger partial charge >= 0.3 is 0 Å². The fourth-order valence-electron chi connectivity index (χ4n) is 6.21. The van der Waals surface area contributed by atoms with Gasteiger partial charge in [0.05, 0.1) is 58.9 Å². The molecule has 0 N–H and O–H groups in total. The molecule has 3 aromatic carbocycles. The molecule has 8 rings (SSSR count). The number of carbonyl (C=O) groups is 1. The van der Waals surface area contributed by atoms with E-state index in [2.05, 4.69) is 9.80 Å². The molecule has 0 saturated carbocycles. The van der Waals surface area contributed by atoms with E-state index in [1.807, 2.05) is 65.4 Å². The van der Waals surface area contributed by atoms with E-state index in [1.165, 1.54) is 0 Å². The van der Waals surface area contributed by atoms with Gasteiger partial charge in [-0.3, -0.25) is 14.3 Å². The molecule has 12 heteroatoms. The number of morpholine rings is 2. The van der Waals surface area contributed by atoms with Gasteiger partial charge in [-0.1, -0.05) is 65.7 Å². The van der Waals surface area contributed by atoms with E-state index in [0.717, 1.165) is 27.7 Å². The molecule has 2 aromatic heterocycles. The SMILES string of the molecule is O=C1/C(=C\c2cn(-c3nc(N4CCOCC4)nc(N4CCOCC4)n3)c3ccccc23)c2ccccc2N1c1c(Cl)cccc1Cl. The number of rotatable bonds is 5. The summed E-state index contributed by atoms with van der Waals surface area (Å²) in [5.74, 6) is 1.51. The van der Waals surface area contributed by atoms with Crippen LogP contribution in [0.1, 0.15) is 11.1 Å². The van der Waals surface area contributed by atoms with E-state index in [-0.39, 0.29) is 5.91 Å². The predicted octanol–water partition coefficient (Wildman–Crippen LogP) is 6.01. The number of anilines is 4. The number of fused-ring (bicyclic) bond motifs is 2. The molecular formula is C34H29Cl2N7O3. The van der Waals surface area contributed by atoms with Crippen molar-refractivity contribution in [3.63, 3.8) is 0 Å². The fraction of sp³-hybridized carbons (Fsp3) is 0.235. The summed E-state index contributed by atoms with van der Waals surface area (Å²) in [4.78, 5) is 34.9. The number of nitrogens with zero attached hydrogens (tertiary/aromatic N) is 7. The monoisotopic (exact) mass is 653 g/mol. The van der Waals surface area contributed by atoms with Crippen LogP contribution in [0, 0.1) is 0 Å². The van der Waals surface area contributed by atoms with Crippen molar-refractivity contribution in [2.45, 2.75) is 0 Å². The number of aromatic nitrogens is 4. The van der Waals surface area contributed by atoms with Crippen LogP contribution in [0.4, 0.5) is 23.3 Å². The Hall–Kier alpha value is -4.48. The summed E-state index contributed by atoms with van der Waals surface area (Å²) in [6, 6.07) is 21.0. The topological polar surface area (TPSA) is 88.8 Å². The molecule has 0 bridgehead atoms. The van der Waals surface area contributed by atoms with Crippen LogP contribution in [0.5, 0.6) is 0 Å². The molecular weight excluding hydrogens is 625 g/mol. The number of carbonyl (C=O) groups excluding carboxylic acids is 1. The molecule has 0 radical (unpaired) electrons. The third kappa shape index (κ3) is 5.07. The molecule has 1 amide bonds. The Bertz CT molecular complexity index is 1940. The van der Waals surface area contributed by atoms with Gasteiger partial charge in [-0.2, -0.15) is 15.0 Å². The lowest BCUT2D eigenvalue weighted by Gasteiger charge is -2.30. The maximum absolute atomic E-state index is 14.2. The van der Waals surface area contributed by atoms with Crippen LogP contribution in [0.3, 0.4) is 0 Å². The summed E-state index contributed by atoms with van der Waals surface area (Å²) in [7, 11) is 0. The molecule has 0 unspecified atom stereocenters. The van der Waals surface area contributed by atoms with Crippen molar-refractivity contribution < 1.29 is 14.3 Å². The highest BCUT2D eigenvalue weighted by Crippen LogP contribution is 2.47. The quantitative estimate of drug-likeness (QED) is 0.213. The molecule has 232 valence electrons. The van der Waals surface area contributed by atoms with Crippen LogP contribution in [-0.2, 0) is 14.3 Å². The van der Waals surface area contributed by atoms with Crippen LogP contribution in [-0.4, -0.2) is 78.0 Å². The van der Waals surface area contributed by atoms with Gasteiger partial charge in [0.25, 0.3) is 5.91 Å². The first kappa shape index (κ1) is 29.0. The maximum atomic E-state index is 14.2. The second kappa shape index (κ2) is 12.0. The highest BCUT2D eigenvalue weighted by molar-refractivity contribution is 6.45. The van der Waals surface area contributed by atoms with E-state index >= 15 is 0 Å². The third-order valence-corrected chi connectivity index (χ3v) is 9.09. The molecule has 46 heavy (non-hydrogen) atoms. The Morgan fingerprint density at radius 1 is 0.696 bits per heavy atom. The van der Waals surface area contributed by atoms with Gasteiger partial charge in [-0.05, 0) is 30.3 Å². The first-order valence-corrected chi connectivity index (χ1v) is 15.9. The van der Waals surface area contributed by atoms with E-state index < -0.39 is 0 Å². The van der Waals surface area contributed by atoms with Gasteiger partial charge in [-0.25, -0.2) is 0 Å². The molecule has 3 aliphatic heterocycles. The lowest BCUT2D eigenvalue weighted by molar-refractivity contribution is -0.112. The largest absolute Gasteiger partial charge is 0.378 e. The summed E-state index contributed by atoms with van der Waals surface area (Å²) < 4.78 is 13.2. The Labute approximate surface area is 275 Å². The standard InChI is InChI=1S/C34H29Cl2N7O3/c35-26-8-5-9-27(36)30(26)43-29-11-4-2-7-24(29)25(31(43)44)20-22-21-42(28-10-3-1-6-23(22)28)34-38-32(40-12-16-45-17-13-40)37-33(39-34)41-14-18-46-19-15-41/h1-11,20-21H,12-19H2/b25-20-. The summed E-state index contributed by atoms with van der Waals surface area (Å²) in [6.07, 6.45) is 3.91. The van der Waals surface area contributed by atoms with Crippen molar-refractivity contribution in [2.75, 3.05) is 67.3 Å². The fourth-order valence-corrected chi connectivity index (χ4v) is 6.77. The average molecular weight is 655 g/mol. The molecule has 2 saturated heterocycles. The zero-order chi connectivity index (χ0) is 31.2. The van der Waals surface area contributed by atoms with Crippen molar-refractivity contribution in [1.82, 2.24) is 19.5 Å². The summed E-state index contributed by atoms with van der Waals surface area (Å²) in [5.41, 5.74) is 4.27. The van der Waals surface area contributed by atoms with Crippen LogP contribution >= 0.6 is 23.2 Å². The van der Waals surface area contributed by atoms with Crippen molar-refractivity contribution in [3.05, 3.63) is 94.1 Å². The number of ether oxygens (including phenoxy) is 2. The number of hydrogen-bond acceptors (Lipinski definition) is 8. The Morgan fingerprint density at radius 3 is 1.96 bits per heavy atom. The van der Waals surface area contributed by atoms with E-state index in [4.69, 9.17) is 47.6 Å². The molecule has 10 nitrogen and oxygen atoms in total. The lowest BCUT2D eigenvalue weighted by atomic mass is 10.0. The number of amides is 1. The molecule has 0 atom stereocenters. The maximum Gasteiger partial charge on any atom is 0.263 e. The van der Waals surface area contributed by atoms with Gasteiger partial charge in [0.1, 0.15) is 0 Å². The first-order valence-electron chi connectivity index (χ1n) is 15.2. The highest BCUT2D eigenvalue weighted by atomic mass is 35.5. The van der Waals surface area contributed by atoms with E-state index in [0.29, 0.717) is 91.8 Å². The summed E-state index contributed by atoms with van der Waals surface area (Å²) >= 11 is 13.2. The van der Waals surface area contributed by atoms with Crippen LogP contribution < -0.4 is 14.7 Å². The van der Waals surface area contributed by atoms with Crippen molar-refractivity contribution in [3.8, 4) is 5.95 Å². The smallest absolute Gasteiger partial charge is 0.263 e. The number of para-hydroxylation sites is 3. The number of benzene rings is 3. The Morgan fingerprint density at radius 2 is 1.28 bits per heavy atom. The summed E-state index contributed by atoms with van der Waals surface area (Å²) in [6.45, 7) is 5.25. The molecule has 2 fully saturated rings. The van der Waals surface area contributed by atoms with E-state index in [9.17, 15) is 4.79 Å². The zero-order valence-corrected chi connectivity index (χ0v) is 26.3. The minimum atomic E-state index is -0.211. The van der Waals surface area contributed by atoms with Crippen molar-refractivity contribution in [2.24, 2.45) is 0 Å². The van der Waals surface area contributed by atoms with Gasteiger partial charge in [-0.15, -0.1) is 0 Å². The molecule has 0 aliphatic carbocycles. The molecule has 5 heterocycles. The summed E-state index contributed by atoms with van der Waals surface area (Å²) in [5, 5.41) is 1.75. The number of halogens is 2. The second-order valence-corrected chi connectivity index (χ2v) is 12.0. The minimum absolute atomic E-state index is 0.211. The van der Waals surface area contributed by atoms with Gasteiger partial charge in [0.2, 0.25) is 17.8 Å². The lowest BCUT2D eigenvalue weighted by Crippen LogP contribution is -2.40. The zero-order valence-electron chi connectivity index (χ0n) is 24.8. The average Bonchev–Trinajstić information content (AvgIpc) is 3.60.